The molecule has 26 heavy (non-hydrogen) atoms. The number of halogens is 3. The van der Waals surface area contributed by atoms with E-state index in [4.69, 9.17) is 11.6 Å². The molecule has 2 rings (SSSR count). The van der Waals surface area contributed by atoms with Gasteiger partial charge in [-0.15, -0.1) is 24.0 Å². The van der Waals surface area contributed by atoms with Gasteiger partial charge >= 0.3 is 0 Å². The first kappa shape index (κ1) is 23.6. The summed E-state index contributed by atoms with van der Waals surface area (Å²) in [6, 6.07) is 5.00. The van der Waals surface area contributed by atoms with Gasteiger partial charge in [0.15, 0.2) is 5.96 Å². The lowest BCUT2D eigenvalue weighted by atomic mass is 9.95. The zero-order valence-corrected chi connectivity index (χ0v) is 19.2. The first-order chi connectivity index (χ1) is 12.0. The van der Waals surface area contributed by atoms with Gasteiger partial charge < -0.3 is 10.6 Å². The minimum Gasteiger partial charge on any atom is -0.356 e. The molecule has 1 aromatic rings. The fourth-order valence-electron chi connectivity index (χ4n) is 3.22. The largest absolute Gasteiger partial charge is 0.356 e. The van der Waals surface area contributed by atoms with Crippen LogP contribution in [0.2, 0.25) is 5.02 Å². The van der Waals surface area contributed by atoms with Crippen LogP contribution in [0.15, 0.2) is 23.2 Å². The molecule has 0 saturated heterocycles. The van der Waals surface area contributed by atoms with Crippen molar-refractivity contribution >= 4 is 52.3 Å². The molecule has 0 radical (unpaired) electrons. The molecule has 1 aliphatic carbocycles. The van der Waals surface area contributed by atoms with Gasteiger partial charge in [-0.2, -0.15) is 0 Å². The van der Waals surface area contributed by atoms with E-state index in [0.29, 0.717) is 35.3 Å². The monoisotopic (exact) mass is 515 g/mol. The Morgan fingerprint density at radius 3 is 2.85 bits per heavy atom. The van der Waals surface area contributed by atoms with E-state index in [1.54, 1.807) is 19.2 Å². The van der Waals surface area contributed by atoms with Gasteiger partial charge in [0.05, 0.1) is 0 Å². The summed E-state index contributed by atoms with van der Waals surface area (Å²) in [4.78, 5) is 4.24. The third-order valence-electron chi connectivity index (χ3n) is 4.58. The van der Waals surface area contributed by atoms with Gasteiger partial charge in [0, 0.05) is 52.0 Å². The molecule has 4 nitrogen and oxygen atoms in total. The molecule has 0 aliphatic heterocycles. The average Bonchev–Trinajstić information content (AvgIpc) is 2.62. The maximum atomic E-state index is 13.8. The summed E-state index contributed by atoms with van der Waals surface area (Å²) in [5.41, 5.74) is 0.517. The highest BCUT2D eigenvalue weighted by atomic mass is 127. The second-order valence-corrected chi connectivity index (χ2v) is 8.66. The minimum absolute atomic E-state index is 0. The summed E-state index contributed by atoms with van der Waals surface area (Å²) in [6.45, 7) is 2.51. The number of guanidine groups is 1. The van der Waals surface area contributed by atoms with Crippen molar-refractivity contribution < 1.29 is 8.60 Å². The predicted octanol–water partition coefficient (Wildman–Crippen LogP) is 3.88. The van der Waals surface area contributed by atoms with Crippen LogP contribution in [0.5, 0.6) is 0 Å². The van der Waals surface area contributed by atoms with Gasteiger partial charge in [-0.05, 0) is 37.8 Å². The summed E-state index contributed by atoms with van der Waals surface area (Å²) < 4.78 is 25.8. The van der Waals surface area contributed by atoms with E-state index in [-0.39, 0.29) is 41.1 Å². The standard InChI is InChI=1S/C18H27ClFN3OS.HI/c1-3-25(24)14-7-4-6-13(12-14)23-18(21-2)22-11-10-15-16(19)8-5-9-17(15)20;/h5,8-9,13-14H,3-4,6-7,10-12H2,1-2H3,(H2,21,22,23);1H. The predicted molar refractivity (Wildman–Crippen MR) is 120 cm³/mol. The molecule has 1 saturated carbocycles. The van der Waals surface area contributed by atoms with Crippen molar-refractivity contribution in [3.05, 3.63) is 34.6 Å². The summed E-state index contributed by atoms with van der Waals surface area (Å²) in [7, 11) is 0.975. The van der Waals surface area contributed by atoms with Gasteiger partial charge in [-0.3, -0.25) is 9.20 Å². The van der Waals surface area contributed by atoms with Crippen LogP contribution < -0.4 is 10.6 Å². The molecule has 0 heterocycles. The van der Waals surface area contributed by atoms with E-state index >= 15 is 0 Å². The van der Waals surface area contributed by atoms with Crippen molar-refractivity contribution in [3.63, 3.8) is 0 Å². The number of benzene rings is 1. The Labute approximate surface area is 180 Å². The smallest absolute Gasteiger partial charge is 0.191 e. The Bertz CT molecular complexity index is 612. The van der Waals surface area contributed by atoms with Gasteiger partial charge in [0.25, 0.3) is 0 Å². The van der Waals surface area contributed by atoms with Crippen LogP contribution in [-0.2, 0) is 17.2 Å². The number of nitrogens with one attached hydrogen (secondary N) is 2. The van der Waals surface area contributed by atoms with E-state index in [0.717, 1.165) is 25.7 Å². The van der Waals surface area contributed by atoms with Crippen molar-refractivity contribution in [2.75, 3.05) is 19.3 Å². The molecule has 3 atom stereocenters. The second kappa shape index (κ2) is 12.1. The molecule has 0 aromatic heterocycles. The van der Waals surface area contributed by atoms with Crippen LogP contribution in [0, 0.1) is 5.82 Å². The quantitative estimate of drug-likeness (QED) is 0.343. The highest BCUT2D eigenvalue weighted by Gasteiger charge is 2.26. The van der Waals surface area contributed by atoms with Crippen molar-refractivity contribution in [1.29, 1.82) is 0 Å². The van der Waals surface area contributed by atoms with Crippen molar-refractivity contribution in [3.8, 4) is 0 Å². The Kier molecular flexibility index (Phi) is 11.0. The van der Waals surface area contributed by atoms with Crippen LogP contribution >= 0.6 is 35.6 Å². The maximum absolute atomic E-state index is 13.8. The fraction of sp³-hybridized carbons (Fsp3) is 0.611. The molecule has 148 valence electrons. The third kappa shape index (κ3) is 6.96. The molecule has 3 unspecified atom stereocenters. The Hall–Kier alpha value is -0.410. The summed E-state index contributed by atoms with van der Waals surface area (Å²) >= 11 is 6.05. The molecular weight excluding hydrogens is 488 g/mol. The van der Waals surface area contributed by atoms with Gasteiger partial charge in [-0.1, -0.05) is 31.0 Å². The number of hydrogen-bond donors (Lipinski definition) is 2. The molecule has 1 fully saturated rings. The number of nitrogens with zero attached hydrogens (tertiary/aromatic N) is 1. The van der Waals surface area contributed by atoms with E-state index in [2.05, 4.69) is 15.6 Å². The Morgan fingerprint density at radius 2 is 2.19 bits per heavy atom. The first-order valence-electron chi connectivity index (χ1n) is 8.82. The van der Waals surface area contributed by atoms with E-state index in [9.17, 15) is 8.60 Å². The SMILES string of the molecule is CCS(=O)C1CCCC(NC(=NC)NCCc2c(F)cccc2Cl)C1.I. The number of rotatable bonds is 6. The second-order valence-electron chi connectivity index (χ2n) is 6.25. The molecule has 0 amide bonds. The Balaban J connectivity index is 0.00000338. The topological polar surface area (TPSA) is 53.5 Å². The maximum Gasteiger partial charge on any atom is 0.191 e. The highest BCUT2D eigenvalue weighted by Crippen LogP contribution is 2.23. The highest BCUT2D eigenvalue weighted by molar-refractivity contribution is 14.0. The fourth-order valence-corrected chi connectivity index (χ4v) is 4.82. The third-order valence-corrected chi connectivity index (χ3v) is 6.67. The lowest BCUT2D eigenvalue weighted by molar-refractivity contribution is 0.413. The molecule has 1 aliphatic rings. The van der Waals surface area contributed by atoms with E-state index in [1.807, 2.05) is 6.92 Å². The molecule has 2 N–H and O–H groups in total. The molecule has 0 bridgehead atoms. The molecule has 8 heteroatoms. The van der Waals surface area contributed by atoms with Crippen molar-refractivity contribution in [2.24, 2.45) is 4.99 Å². The van der Waals surface area contributed by atoms with Crippen LogP contribution in [-0.4, -0.2) is 40.8 Å². The van der Waals surface area contributed by atoms with Crippen molar-refractivity contribution in [2.45, 2.75) is 50.3 Å². The first-order valence-corrected chi connectivity index (χ1v) is 10.6. The van der Waals surface area contributed by atoms with Gasteiger partial charge in [0.2, 0.25) is 0 Å². The zero-order chi connectivity index (χ0) is 18.2. The average molecular weight is 516 g/mol. The molecular formula is C18H28ClFIN3OS. The van der Waals surface area contributed by atoms with Gasteiger partial charge in [-0.25, -0.2) is 4.39 Å². The zero-order valence-electron chi connectivity index (χ0n) is 15.3. The summed E-state index contributed by atoms with van der Waals surface area (Å²) in [5, 5.41) is 7.34. The van der Waals surface area contributed by atoms with E-state index < -0.39 is 10.8 Å². The van der Waals surface area contributed by atoms with Crippen LogP contribution in [0.1, 0.15) is 38.2 Å². The van der Waals surface area contributed by atoms with Crippen molar-refractivity contribution in [1.82, 2.24) is 10.6 Å². The van der Waals surface area contributed by atoms with Gasteiger partial charge in [0.1, 0.15) is 5.82 Å². The van der Waals surface area contributed by atoms with E-state index in [1.165, 1.54) is 6.07 Å². The van der Waals surface area contributed by atoms with Crippen LogP contribution in [0.3, 0.4) is 0 Å². The Morgan fingerprint density at radius 1 is 1.42 bits per heavy atom. The summed E-state index contributed by atoms with van der Waals surface area (Å²) in [6.07, 6.45) is 4.56. The van der Waals surface area contributed by atoms with Crippen LogP contribution in [0.4, 0.5) is 4.39 Å². The number of hydrogen-bond acceptors (Lipinski definition) is 2. The number of aliphatic imine (C=N–C) groups is 1. The van der Waals surface area contributed by atoms with Crippen LogP contribution in [0.25, 0.3) is 0 Å². The normalized spacial score (nSPS) is 21.6. The molecule has 0 spiro atoms. The lowest BCUT2D eigenvalue weighted by Gasteiger charge is -2.30. The summed E-state index contributed by atoms with van der Waals surface area (Å²) in [5.74, 6) is 1.13. The minimum atomic E-state index is -0.743. The molecule has 1 aromatic carbocycles. The lowest BCUT2D eigenvalue weighted by Crippen LogP contribution is -2.47.